The minimum absolute atomic E-state index is 0.0272. The van der Waals surface area contributed by atoms with Gasteiger partial charge in [0.25, 0.3) is 0 Å². The molecule has 2 rings (SSSR count). The van der Waals surface area contributed by atoms with Gasteiger partial charge in [-0.3, -0.25) is 0 Å². The van der Waals surface area contributed by atoms with Crippen LogP contribution in [-0.4, -0.2) is 11.2 Å². The minimum atomic E-state index is -4.90. The molecule has 1 atom stereocenters. The summed E-state index contributed by atoms with van der Waals surface area (Å²) < 4.78 is 64.3. The van der Waals surface area contributed by atoms with Gasteiger partial charge in [0, 0.05) is 0 Å². The van der Waals surface area contributed by atoms with Gasteiger partial charge in [0.1, 0.15) is 11.6 Å². The van der Waals surface area contributed by atoms with Gasteiger partial charge < -0.3 is 5.11 Å². The number of rotatable bonds is 2. The molecule has 1 fully saturated rings. The summed E-state index contributed by atoms with van der Waals surface area (Å²) in [6.07, 6.45) is -4.43. The highest BCUT2D eigenvalue weighted by Crippen LogP contribution is 2.41. The molecule has 0 heterocycles. The lowest BCUT2D eigenvalue weighted by molar-refractivity contribution is -0.140. The highest BCUT2D eigenvalue weighted by Gasteiger charge is 2.37. The Labute approximate surface area is 107 Å². The predicted molar refractivity (Wildman–Crippen MR) is 58.5 cm³/mol. The lowest BCUT2D eigenvalue weighted by atomic mass is 9.72. The minimum Gasteiger partial charge on any atom is -0.393 e. The number of alkyl halides is 3. The van der Waals surface area contributed by atoms with Crippen molar-refractivity contribution >= 4 is 0 Å². The van der Waals surface area contributed by atoms with E-state index in [-0.39, 0.29) is 17.5 Å². The van der Waals surface area contributed by atoms with E-state index in [4.69, 9.17) is 0 Å². The van der Waals surface area contributed by atoms with E-state index in [1.54, 1.807) is 6.92 Å². The maximum absolute atomic E-state index is 13.7. The third-order valence-corrected chi connectivity index (χ3v) is 3.74. The summed E-state index contributed by atoms with van der Waals surface area (Å²) >= 11 is 0. The fourth-order valence-corrected chi connectivity index (χ4v) is 2.42. The van der Waals surface area contributed by atoms with Crippen molar-refractivity contribution in [1.29, 1.82) is 0 Å². The van der Waals surface area contributed by atoms with E-state index >= 15 is 0 Å². The van der Waals surface area contributed by atoms with Crippen LogP contribution in [-0.2, 0) is 6.18 Å². The summed E-state index contributed by atoms with van der Waals surface area (Å²) in [4.78, 5) is 0. The normalized spacial score (nSPS) is 25.0. The van der Waals surface area contributed by atoms with E-state index in [1.807, 2.05) is 0 Å². The molecule has 1 N–H and O–H groups in total. The van der Waals surface area contributed by atoms with Gasteiger partial charge in [0.15, 0.2) is 0 Å². The molecule has 106 valence electrons. The van der Waals surface area contributed by atoms with Crippen molar-refractivity contribution in [3.05, 3.63) is 34.9 Å². The molecular formula is C13H13F5O. The fraction of sp³-hybridized carbons (Fsp3) is 0.538. The standard InChI is InChI=1S/C13H13F5O/c1-6(7-2-8(19)3-7)9-4-12(15)10(5-11(9)14)13(16,17)18/h4-8,19H,2-3H2,1H3. The van der Waals surface area contributed by atoms with Crippen LogP contribution in [0.5, 0.6) is 0 Å². The van der Waals surface area contributed by atoms with Crippen LogP contribution in [0.15, 0.2) is 12.1 Å². The maximum Gasteiger partial charge on any atom is 0.419 e. The van der Waals surface area contributed by atoms with Gasteiger partial charge in [-0.15, -0.1) is 0 Å². The number of halogens is 5. The van der Waals surface area contributed by atoms with Gasteiger partial charge in [-0.05, 0) is 42.4 Å². The second kappa shape index (κ2) is 4.74. The molecule has 1 aliphatic carbocycles. The Morgan fingerprint density at radius 2 is 1.74 bits per heavy atom. The van der Waals surface area contributed by atoms with Crippen molar-refractivity contribution in [2.75, 3.05) is 0 Å². The molecule has 19 heavy (non-hydrogen) atoms. The van der Waals surface area contributed by atoms with Crippen LogP contribution in [0.2, 0.25) is 0 Å². The van der Waals surface area contributed by atoms with Crippen LogP contribution in [0.3, 0.4) is 0 Å². The number of aliphatic hydroxyl groups is 1. The molecule has 1 unspecified atom stereocenters. The third-order valence-electron chi connectivity index (χ3n) is 3.74. The van der Waals surface area contributed by atoms with Crippen LogP contribution in [0.4, 0.5) is 22.0 Å². The first-order chi connectivity index (χ1) is 8.70. The average Bonchev–Trinajstić information content (AvgIpc) is 2.25. The third kappa shape index (κ3) is 2.73. The molecule has 1 aliphatic rings. The van der Waals surface area contributed by atoms with Gasteiger partial charge >= 0.3 is 6.18 Å². The maximum atomic E-state index is 13.7. The second-order valence-electron chi connectivity index (χ2n) is 5.03. The smallest absolute Gasteiger partial charge is 0.393 e. The van der Waals surface area contributed by atoms with E-state index in [0.29, 0.717) is 18.9 Å². The number of hydrogen-bond acceptors (Lipinski definition) is 1. The summed E-state index contributed by atoms with van der Waals surface area (Å²) in [5, 5.41) is 9.17. The summed E-state index contributed by atoms with van der Waals surface area (Å²) in [6, 6.07) is 0.823. The zero-order valence-electron chi connectivity index (χ0n) is 10.1. The van der Waals surface area contributed by atoms with Gasteiger partial charge in [-0.1, -0.05) is 6.92 Å². The SMILES string of the molecule is CC(c1cc(F)c(C(F)(F)F)cc1F)C1CC(O)C1. The Morgan fingerprint density at radius 1 is 1.16 bits per heavy atom. The van der Waals surface area contributed by atoms with Crippen molar-refractivity contribution in [2.24, 2.45) is 5.92 Å². The highest BCUT2D eigenvalue weighted by molar-refractivity contribution is 5.31. The van der Waals surface area contributed by atoms with E-state index in [1.165, 1.54) is 0 Å². The molecule has 1 aromatic rings. The monoisotopic (exact) mass is 280 g/mol. The van der Waals surface area contributed by atoms with E-state index in [0.717, 1.165) is 0 Å². The molecule has 0 amide bonds. The lowest BCUT2D eigenvalue weighted by Gasteiger charge is -2.36. The quantitative estimate of drug-likeness (QED) is 0.816. The van der Waals surface area contributed by atoms with Crippen LogP contribution in [0.1, 0.15) is 36.8 Å². The molecular weight excluding hydrogens is 267 g/mol. The van der Waals surface area contributed by atoms with Crippen LogP contribution < -0.4 is 0 Å². The molecule has 0 saturated heterocycles. The topological polar surface area (TPSA) is 20.2 Å². The molecule has 0 radical (unpaired) electrons. The van der Waals surface area contributed by atoms with Crippen molar-refractivity contribution in [3.63, 3.8) is 0 Å². The summed E-state index contributed by atoms with van der Waals surface area (Å²) in [5.41, 5.74) is -1.66. The Bertz CT molecular complexity index is 477. The van der Waals surface area contributed by atoms with Gasteiger partial charge in [0.05, 0.1) is 11.7 Å². The van der Waals surface area contributed by atoms with Gasteiger partial charge in [-0.25, -0.2) is 8.78 Å². The Hall–Kier alpha value is -1.17. The van der Waals surface area contributed by atoms with Crippen molar-refractivity contribution in [2.45, 2.75) is 38.0 Å². The predicted octanol–water partition coefficient (Wildman–Crippen LogP) is 3.86. The summed E-state index contributed by atoms with van der Waals surface area (Å²) in [5.74, 6) is -2.96. The van der Waals surface area contributed by atoms with Crippen molar-refractivity contribution < 1.29 is 27.1 Å². The van der Waals surface area contributed by atoms with Gasteiger partial charge in [-0.2, -0.15) is 13.2 Å². The number of aliphatic hydroxyl groups excluding tert-OH is 1. The molecule has 0 aliphatic heterocycles. The van der Waals surface area contributed by atoms with E-state index < -0.39 is 35.4 Å². The molecule has 0 spiro atoms. The highest BCUT2D eigenvalue weighted by atomic mass is 19.4. The molecule has 0 bridgehead atoms. The van der Waals surface area contributed by atoms with Crippen LogP contribution in [0, 0.1) is 17.6 Å². The van der Waals surface area contributed by atoms with E-state index in [2.05, 4.69) is 0 Å². The fourth-order valence-electron chi connectivity index (χ4n) is 2.42. The zero-order chi connectivity index (χ0) is 14.4. The zero-order valence-corrected chi connectivity index (χ0v) is 10.1. The van der Waals surface area contributed by atoms with E-state index in [9.17, 15) is 27.1 Å². The summed E-state index contributed by atoms with van der Waals surface area (Å²) in [7, 11) is 0. The summed E-state index contributed by atoms with van der Waals surface area (Å²) in [6.45, 7) is 1.63. The first-order valence-corrected chi connectivity index (χ1v) is 5.94. The largest absolute Gasteiger partial charge is 0.419 e. The second-order valence-corrected chi connectivity index (χ2v) is 5.03. The Morgan fingerprint density at radius 3 is 2.21 bits per heavy atom. The molecule has 1 nitrogen and oxygen atoms in total. The van der Waals surface area contributed by atoms with Crippen molar-refractivity contribution in [3.8, 4) is 0 Å². The molecule has 1 aromatic carbocycles. The Balaban J connectivity index is 2.30. The Kier molecular flexibility index (Phi) is 3.55. The molecule has 6 heteroatoms. The average molecular weight is 280 g/mol. The first kappa shape index (κ1) is 14.2. The number of benzene rings is 1. The van der Waals surface area contributed by atoms with Crippen molar-refractivity contribution in [1.82, 2.24) is 0 Å². The lowest BCUT2D eigenvalue weighted by Crippen LogP contribution is -2.32. The first-order valence-electron chi connectivity index (χ1n) is 5.94. The number of hydrogen-bond donors (Lipinski definition) is 1. The molecule has 1 saturated carbocycles. The molecule has 0 aromatic heterocycles. The van der Waals surface area contributed by atoms with Gasteiger partial charge in [0.2, 0.25) is 0 Å². The van der Waals surface area contributed by atoms with Crippen LogP contribution in [0.25, 0.3) is 0 Å². The van der Waals surface area contributed by atoms with Crippen LogP contribution >= 0.6 is 0 Å².